The van der Waals surface area contributed by atoms with Gasteiger partial charge in [0.25, 0.3) is 0 Å². The normalized spacial score (nSPS) is 18.7. The van der Waals surface area contributed by atoms with Crippen LogP contribution in [0.1, 0.15) is 38.7 Å². The van der Waals surface area contributed by atoms with Crippen LogP contribution in [0.2, 0.25) is 5.02 Å². The molecule has 0 bridgehead atoms. The molecule has 164 valence electrons. The summed E-state index contributed by atoms with van der Waals surface area (Å²) in [6, 6.07) is 18.6. The average molecular weight is 436 g/mol. The summed E-state index contributed by atoms with van der Waals surface area (Å²) in [6.07, 6.45) is 9.63. The molecule has 2 aromatic rings. The second kappa shape index (κ2) is 10.8. The molecule has 0 aromatic heterocycles. The standard InChI is InChI=1S/C28H34ClNO/c1-5-22(3)20-25(21-28(4,6-2)23-12-14-24(29)15-13-23)30-18-16-27(17-19-30)31-26-10-8-7-9-11-26/h5-15,20,25,27H,1-2,16-19,21H2,3-4H3/b22-20-. The van der Waals surface area contributed by atoms with E-state index in [0.29, 0.717) is 6.04 Å². The Morgan fingerprint density at radius 3 is 2.35 bits per heavy atom. The summed E-state index contributed by atoms with van der Waals surface area (Å²) in [5, 5.41) is 0.759. The van der Waals surface area contributed by atoms with Crippen molar-refractivity contribution in [3.8, 4) is 5.75 Å². The van der Waals surface area contributed by atoms with Crippen LogP contribution in [-0.2, 0) is 5.41 Å². The molecule has 1 heterocycles. The van der Waals surface area contributed by atoms with E-state index in [1.807, 2.05) is 48.5 Å². The van der Waals surface area contributed by atoms with E-state index in [1.54, 1.807) is 0 Å². The molecular weight excluding hydrogens is 402 g/mol. The molecule has 2 aromatic carbocycles. The number of hydrogen-bond donors (Lipinski definition) is 0. The van der Waals surface area contributed by atoms with E-state index < -0.39 is 0 Å². The number of ether oxygens (including phenoxy) is 1. The summed E-state index contributed by atoms with van der Waals surface area (Å²) >= 11 is 6.13. The number of piperidine rings is 1. The summed E-state index contributed by atoms with van der Waals surface area (Å²) in [7, 11) is 0. The molecule has 2 unspecified atom stereocenters. The van der Waals surface area contributed by atoms with Crippen LogP contribution in [-0.4, -0.2) is 30.1 Å². The summed E-state index contributed by atoms with van der Waals surface area (Å²) in [5.74, 6) is 0.960. The van der Waals surface area contributed by atoms with Gasteiger partial charge in [-0.2, -0.15) is 0 Å². The molecule has 0 spiro atoms. The third-order valence-corrected chi connectivity index (χ3v) is 6.61. The average Bonchev–Trinajstić information content (AvgIpc) is 2.80. The van der Waals surface area contributed by atoms with Gasteiger partial charge in [-0.1, -0.05) is 79.2 Å². The number of nitrogens with zero attached hydrogens (tertiary/aromatic N) is 1. The van der Waals surface area contributed by atoms with Crippen molar-refractivity contribution >= 4 is 11.6 Å². The molecule has 2 nitrogen and oxygen atoms in total. The number of halogens is 1. The highest BCUT2D eigenvalue weighted by Crippen LogP contribution is 2.34. The van der Waals surface area contributed by atoms with Crippen molar-refractivity contribution < 1.29 is 4.74 Å². The van der Waals surface area contributed by atoms with Crippen molar-refractivity contribution in [1.82, 2.24) is 4.90 Å². The van der Waals surface area contributed by atoms with Gasteiger partial charge < -0.3 is 4.74 Å². The van der Waals surface area contributed by atoms with Crippen molar-refractivity contribution in [2.45, 2.75) is 50.7 Å². The first kappa shape index (κ1) is 23.4. The van der Waals surface area contributed by atoms with Gasteiger partial charge in [0.1, 0.15) is 11.9 Å². The quantitative estimate of drug-likeness (QED) is 0.304. The summed E-state index contributed by atoms with van der Waals surface area (Å²) < 4.78 is 6.20. The minimum atomic E-state index is -0.148. The van der Waals surface area contributed by atoms with Crippen molar-refractivity contribution in [3.63, 3.8) is 0 Å². The second-order valence-electron chi connectivity index (χ2n) is 8.68. The molecule has 0 radical (unpaired) electrons. The molecule has 1 saturated heterocycles. The van der Waals surface area contributed by atoms with Crippen LogP contribution in [0.4, 0.5) is 0 Å². The third-order valence-electron chi connectivity index (χ3n) is 6.36. The van der Waals surface area contributed by atoms with Crippen molar-refractivity contribution in [2.24, 2.45) is 0 Å². The van der Waals surface area contributed by atoms with Gasteiger partial charge >= 0.3 is 0 Å². The predicted molar refractivity (Wildman–Crippen MR) is 133 cm³/mol. The first-order valence-corrected chi connectivity index (χ1v) is 11.5. The molecule has 1 aliphatic rings. The van der Waals surface area contributed by atoms with Gasteiger partial charge in [-0.05, 0) is 56.0 Å². The van der Waals surface area contributed by atoms with Crippen LogP contribution < -0.4 is 4.74 Å². The van der Waals surface area contributed by atoms with E-state index in [9.17, 15) is 0 Å². The molecule has 3 rings (SSSR count). The number of benzene rings is 2. The molecule has 3 heteroatoms. The van der Waals surface area contributed by atoms with E-state index >= 15 is 0 Å². The van der Waals surface area contributed by atoms with Crippen LogP contribution in [0.15, 0.2) is 91.6 Å². The molecular formula is C28H34ClNO. The zero-order chi connectivity index (χ0) is 22.3. The van der Waals surface area contributed by atoms with Crippen LogP contribution in [0, 0.1) is 0 Å². The van der Waals surface area contributed by atoms with Gasteiger partial charge in [-0.3, -0.25) is 4.90 Å². The van der Waals surface area contributed by atoms with Crippen molar-refractivity contribution in [1.29, 1.82) is 0 Å². The SMILES string of the molecule is C=C/C(C)=C\C(CC(C)(C=C)c1ccc(Cl)cc1)N1CCC(Oc2ccccc2)CC1. The molecule has 31 heavy (non-hydrogen) atoms. The highest BCUT2D eigenvalue weighted by atomic mass is 35.5. The lowest BCUT2D eigenvalue weighted by Gasteiger charge is -2.40. The molecule has 0 N–H and O–H groups in total. The Labute approximate surface area is 192 Å². The lowest BCUT2D eigenvalue weighted by atomic mass is 9.76. The van der Waals surface area contributed by atoms with E-state index in [2.05, 4.69) is 56.2 Å². The van der Waals surface area contributed by atoms with Crippen molar-refractivity contribution in [3.05, 3.63) is 102 Å². The molecule has 0 amide bonds. The van der Waals surface area contributed by atoms with E-state index in [4.69, 9.17) is 16.3 Å². The van der Waals surface area contributed by atoms with E-state index in [-0.39, 0.29) is 11.5 Å². The summed E-state index contributed by atoms with van der Waals surface area (Å²) in [4.78, 5) is 2.58. The van der Waals surface area contributed by atoms with Gasteiger partial charge in [-0.25, -0.2) is 0 Å². The van der Waals surface area contributed by atoms with Gasteiger partial charge in [0.05, 0.1) is 0 Å². The molecule has 2 atom stereocenters. The van der Waals surface area contributed by atoms with Gasteiger partial charge in [0, 0.05) is 29.6 Å². The number of hydrogen-bond acceptors (Lipinski definition) is 2. The second-order valence-corrected chi connectivity index (χ2v) is 9.12. The highest BCUT2D eigenvalue weighted by molar-refractivity contribution is 6.30. The molecule has 0 saturated carbocycles. The Morgan fingerprint density at radius 2 is 1.77 bits per heavy atom. The predicted octanol–water partition coefficient (Wildman–Crippen LogP) is 7.22. The van der Waals surface area contributed by atoms with Crippen LogP contribution in [0.3, 0.4) is 0 Å². The number of para-hydroxylation sites is 1. The fourth-order valence-electron chi connectivity index (χ4n) is 4.27. The largest absolute Gasteiger partial charge is 0.490 e. The number of rotatable bonds is 9. The Hall–Kier alpha value is -2.29. The Kier molecular flexibility index (Phi) is 8.17. The molecule has 0 aliphatic carbocycles. The molecule has 1 aliphatic heterocycles. The van der Waals surface area contributed by atoms with E-state index in [0.717, 1.165) is 43.1 Å². The number of allylic oxidation sites excluding steroid dienone is 3. The fraction of sp³-hybridized carbons (Fsp3) is 0.357. The Bertz CT molecular complexity index is 881. The third kappa shape index (κ3) is 6.35. The first-order chi connectivity index (χ1) is 14.9. The maximum absolute atomic E-state index is 6.20. The van der Waals surface area contributed by atoms with Gasteiger partial charge in [-0.15, -0.1) is 6.58 Å². The van der Waals surface area contributed by atoms with Crippen LogP contribution >= 0.6 is 11.6 Å². The Balaban J connectivity index is 1.73. The van der Waals surface area contributed by atoms with Gasteiger partial charge in [0.2, 0.25) is 0 Å². The fourth-order valence-corrected chi connectivity index (χ4v) is 4.39. The van der Waals surface area contributed by atoms with E-state index in [1.165, 1.54) is 11.1 Å². The summed E-state index contributed by atoms with van der Waals surface area (Å²) in [5.41, 5.74) is 2.30. The zero-order valence-electron chi connectivity index (χ0n) is 18.8. The van der Waals surface area contributed by atoms with Crippen LogP contribution in [0.5, 0.6) is 5.75 Å². The smallest absolute Gasteiger partial charge is 0.119 e. The zero-order valence-corrected chi connectivity index (χ0v) is 19.5. The highest BCUT2D eigenvalue weighted by Gasteiger charge is 2.31. The molecule has 1 fully saturated rings. The maximum atomic E-state index is 6.20. The van der Waals surface area contributed by atoms with Gasteiger partial charge in [0.15, 0.2) is 0 Å². The topological polar surface area (TPSA) is 12.5 Å². The lowest BCUT2D eigenvalue weighted by molar-refractivity contribution is 0.0805. The van der Waals surface area contributed by atoms with Crippen molar-refractivity contribution in [2.75, 3.05) is 13.1 Å². The monoisotopic (exact) mass is 435 g/mol. The summed E-state index contributed by atoms with van der Waals surface area (Å²) in [6.45, 7) is 14.5. The Morgan fingerprint density at radius 1 is 1.13 bits per heavy atom. The number of likely N-dealkylation sites (tertiary alicyclic amines) is 1. The maximum Gasteiger partial charge on any atom is 0.119 e. The minimum Gasteiger partial charge on any atom is -0.490 e. The first-order valence-electron chi connectivity index (χ1n) is 11.1. The lowest BCUT2D eigenvalue weighted by Crippen LogP contribution is -2.45. The van der Waals surface area contributed by atoms with Crippen LogP contribution in [0.25, 0.3) is 0 Å². The minimum absolute atomic E-state index is 0.148.